The van der Waals surface area contributed by atoms with Crippen LogP contribution in [-0.4, -0.2) is 32.1 Å². The van der Waals surface area contributed by atoms with Gasteiger partial charge in [-0.2, -0.15) is 10.2 Å². The molecule has 0 atom stereocenters. The molecule has 118 valence electrons. The van der Waals surface area contributed by atoms with E-state index in [-0.39, 0.29) is 17.9 Å². The van der Waals surface area contributed by atoms with Crippen LogP contribution in [0.1, 0.15) is 17.4 Å². The van der Waals surface area contributed by atoms with Crippen LogP contribution in [0.5, 0.6) is 0 Å². The number of ether oxygens (including phenoxy) is 1. The summed E-state index contributed by atoms with van der Waals surface area (Å²) in [7, 11) is 0. The quantitative estimate of drug-likeness (QED) is 0.667. The van der Waals surface area contributed by atoms with Gasteiger partial charge >= 0.3 is 5.97 Å². The summed E-state index contributed by atoms with van der Waals surface area (Å²) in [4.78, 5) is 24.6. The average molecular weight is 312 g/mol. The van der Waals surface area contributed by atoms with Gasteiger partial charge in [-0.05, 0) is 19.1 Å². The summed E-state index contributed by atoms with van der Waals surface area (Å²) in [6, 6.07) is 8.71. The Balaban J connectivity index is 1.87. The van der Waals surface area contributed by atoms with Gasteiger partial charge in [-0.15, -0.1) is 0 Å². The van der Waals surface area contributed by atoms with E-state index in [1.807, 2.05) is 0 Å². The third kappa shape index (κ3) is 2.98. The Labute approximate surface area is 132 Å². The number of aromatic nitrogens is 4. The number of carbonyl (C=O) groups excluding carboxylic acids is 1. The molecular formula is C16H16N4O3. The highest BCUT2D eigenvalue weighted by Gasteiger charge is 2.17. The molecule has 0 aliphatic rings. The van der Waals surface area contributed by atoms with Crippen molar-refractivity contribution >= 4 is 16.7 Å². The van der Waals surface area contributed by atoms with Crippen LogP contribution in [0.4, 0.5) is 0 Å². The number of hydrogen-bond acceptors (Lipinski definition) is 5. The van der Waals surface area contributed by atoms with E-state index < -0.39 is 5.97 Å². The highest BCUT2D eigenvalue weighted by molar-refractivity contribution is 6.02. The molecule has 7 nitrogen and oxygen atoms in total. The summed E-state index contributed by atoms with van der Waals surface area (Å²) in [6.45, 7) is 2.83. The Morgan fingerprint density at radius 3 is 2.70 bits per heavy atom. The molecule has 23 heavy (non-hydrogen) atoms. The molecule has 2 heterocycles. The van der Waals surface area contributed by atoms with Gasteiger partial charge in [0.25, 0.3) is 5.56 Å². The van der Waals surface area contributed by atoms with E-state index in [9.17, 15) is 9.59 Å². The van der Waals surface area contributed by atoms with Crippen molar-refractivity contribution in [2.45, 2.75) is 20.0 Å². The number of esters is 1. The second-order valence-corrected chi connectivity index (χ2v) is 4.92. The Morgan fingerprint density at radius 1 is 1.22 bits per heavy atom. The van der Waals surface area contributed by atoms with Crippen molar-refractivity contribution in [2.24, 2.45) is 0 Å². The highest BCUT2D eigenvalue weighted by Crippen LogP contribution is 2.14. The van der Waals surface area contributed by atoms with Gasteiger partial charge in [0.15, 0.2) is 5.69 Å². The van der Waals surface area contributed by atoms with Gasteiger partial charge in [0.05, 0.1) is 11.9 Å². The molecule has 0 amide bonds. The van der Waals surface area contributed by atoms with Crippen molar-refractivity contribution in [1.29, 1.82) is 0 Å². The molecule has 0 unspecified atom stereocenters. The molecule has 0 saturated carbocycles. The minimum absolute atomic E-state index is 0.155. The van der Waals surface area contributed by atoms with Crippen LogP contribution in [0, 0.1) is 0 Å². The van der Waals surface area contributed by atoms with E-state index in [1.165, 1.54) is 4.68 Å². The summed E-state index contributed by atoms with van der Waals surface area (Å²) >= 11 is 0. The molecule has 0 spiro atoms. The summed E-state index contributed by atoms with van der Waals surface area (Å²) in [5, 5.41) is 9.15. The number of hydrogen-bond donors (Lipinski definition) is 0. The van der Waals surface area contributed by atoms with Crippen LogP contribution in [-0.2, 0) is 17.8 Å². The standard InChI is InChI=1S/C16H16N4O3/c1-2-20-15(21)13-7-4-3-6-12(13)14(18-20)16(22)23-11-10-19-9-5-8-17-19/h3-9H,2,10-11H2,1H3. The lowest BCUT2D eigenvalue weighted by Gasteiger charge is -2.09. The maximum atomic E-state index is 12.3. The largest absolute Gasteiger partial charge is 0.459 e. The Kier molecular flexibility index (Phi) is 4.18. The number of carbonyl (C=O) groups is 1. The molecule has 2 aromatic heterocycles. The first-order chi connectivity index (χ1) is 11.2. The number of nitrogens with zero attached hydrogens (tertiary/aromatic N) is 4. The molecule has 0 aliphatic carbocycles. The molecule has 0 saturated heterocycles. The van der Waals surface area contributed by atoms with Crippen molar-refractivity contribution < 1.29 is 9.53 Å². The normalized spacial score (nSPS) is 10.8. The van der Waals surface area contributed by atoms with Gasteiger partial charge in [0.1, 0.15) is 6.61 Å². The van der Waals surface area contributed by atoms with E-state index in [4.69, 9.17) is 4.74 Å². The first-order valence-electron chi connectivity index (χ1n) is 7.35. The van der Waals surface area contributed by atoms with E-state index in [0.717, 1.165) is 0 Å². The lowest BCUT2D eigenvalue weighted by Crippen LogP contribution is -2.26. The fraction of sp³-hybridized carbons (Fsp3) is 0.250. The van der Waals surface area contributed by atoms with E-state index >= 15 is 0 Å². The van der Waals surface area contributed by atoms with Crippen molar-refractivity contribution in [3.05, 3.63) is 58.8 Å². The second-order valence-electron chi connectivity index (χ2n) is 4.92. The Bertz CT molecular complexity index is 884. The average Bonchev–Trinajstić information content (AvgIpc) is 3.09. The van der Waals surface area contributed by atoms with Crippen LogP contribution >= 0.6 is 0 Å². The summed E-state index contributed by atoms with van der Waals surface area (Å²) in [6.07, 6.45) is 3.45. The number of fused-ring (bicyclic) bond motifs is 1. The molecule has 1 aromatic carbocycles. The zero-order valence-corrected chi connectivity index (χ0v) is 12.7. The fourth-order valence-electron chi connectivity index (χ4n) is 2.33. The van der Waals surface area contributed by atoms with E-state index in [0.29, 0.717) is 23.9 Å². The fourth-order valence-corrected chi connectivity index (χ4v) is 2.33. The topological polar surface area (TPSA) is 79.0 Å². The summed E-state index contributed by atoms with van der Waals surface area (Å²) < 4.78 is 8.21. The number of rotatable bonds is 5. The molecule has 0 radical (unpaired) electrons. The van der Waals surface area contributed by atoms with Gasteiger partial charge in [-0.3, -0.25) is 9.48 Å². The summed E-state index contributed by atoms with van der Waals surface area (Å²) in [5.41, 5.74) is -0.0568. The van der Waals surface area contributed by atoms with Crippen LogP contribution in [0.2, 0.25) is 0 Å². The van der Waals surface area contributed by atoms with Crippen LogP contribution in [0.15, 0.2) is 47.5 Å². The maximum Gasteiger partial charge on any atom is 0.359 e. The predicted octanol–water partition coefficient (Wildman–Crippen LogP) is 1.47. The third-order valence-electron chi connectivity index (χ3n) is 3.47. The molecule has 3 rings (SSSR count). The molecule has 0 bridgehead atoms. The maximum absolute atomic E-state index is 12.3. The Morgan fingerprint density at radius 2 is 2.00 bits per heavy atom. The van der Waals surface area contributed by atoms with Crippen molar-refractivity contribution in [3.8, 4) is 0 Å². The van der Waals surface area contributed by atoms with Crippen LogP contribution in [0.3, 0.4) is 0 Å². The van der Waals surface area contributed by atoms with Crippen LogP contribution < -0.4 is 5.56 Å². The van der Waals surface area contributed by atoms with Gasteiger partial charge in [-0.25, -0.2) is 9.48 Å². The smallest absolute Gasteiger partial charge is 0.359 e. The molecule has 3 aromatic rings. The van der Waals surface area contributed by atoms with Crippen LogP contribution in [0.25, 0.3) is 10.8 Å². The second kappa shape index (κ2) is 6.43. The molecular weight excluding hydrogens is 296 g/mol. The molecule has 0 aliphatic heterocycles. The lowest BCUT2D eigenvalue weighted by molar-refractivity contribution is 0.0480. The predicted molar refractivity (Wildman–Crippen MR) is 84.2 cm³/mol. The zero-order chi connectivity index (χ0) is 16.2. The SMILES string of the molecule is CCn1nc(C(=O)OCCn2cccn2)c2ccccc2c1=O. The zero-order valence-electron chi connectivity index (χ0n) is 12.7. The minimum Gasteiger partial charge on any atom is -0.459 e. The first-order valence-corrected chi connectivity index (χ1v) is 7.35. The molecule has 7 heteroatoms. The third-order valence-corrected chi connectivity index (χ3v) is 3.47. The monoisotopic (exact) mass is 312 g/mol. The van der Waals surface area contributed by atoms with Crippen molar-refractivity contribution in [1.82, 2.24) is 19.6 Å². The number of aryl methyl sites for hydroxylation is 1. The Hall–Kier alpha value is -2.96. The molecule has 0 fully saturated rings. The minimum atomic E-state index is -0.546. The first kappa shape index (κ1) is 15.0. The van der Waals surface area contributed by atoms with E-state index in [1.54, 1.807) is 54.3 Å². The van der Waals surface area contributed by atoms with Gasteiger partial charge in [0.2, 0.25) is 0 Å². The van der Waals surface area contributed by atoms with Gasteiger partial charge in [0, 0.05) is 24.3 Å². The molecule has 0 N–H and O–H groups in total. The van der Waals surface area contributed by atoms with Crippen molar-refractivity contribution in [2.75, 3.05) is 6.61 Å². The highest BCUT2D eigenvalue weighted by atomic mass is 16.5. The van der Waals surface area contributed by atoms with Gasteiger partial charge in [-0.1, -0.05) is 18.2 Å². The number of benzene rings is 1. The summed E-state index contributed by atoms with van der Waals surface area (Å²) in [5.74, 6) is -0.546. The van der Waals surface area contributed by atoms with E-state index in [2.05, 4.69) is 10.2 Å². The van der Waals surface area contributed by atoms with Crippen molar-refractivity contribution in [3.63, 3.8) is 0 Å². The lowest BCUT2D eigenvalue weighted by atomic mass is 10.1. The van der Waals surface area contributed by atoms with Gasteiger partial charge < -0.3 is 4.74 Å².